The zero-order chi connectivity index (χ0) is 19.4. The lowest BCUT2D eigenvalue weighted by molar-refractivity contribution is -0.118. The average molecular weight is 375 g/mol. The van der Waals surface area contributed by atoms with Crippen molar-refractivity contribution in [2.75, 3.05) is 19.0 Å². The molecule has 0 unspecified atom stereocenters. The van der Waals surface area contributed by atoms with Crippen LogP contribution >= 0.6 is 11.3 Å². The Hall–Kier alpha value is -2.67. The number of rotatable bonds is 6. The fourth-order valence-corrected chi connectivity index (χ4v) is 3.51. The third-order valence-electron chi connectivity index (χ3n) is 3.96. The second kappa shape index (κ2) is 8.14. The Kier molecular flexibility index (Phi) is 6.15. The predicted octanol–water partition coefficient (Wildman–Crippen LogP) is 3.68. The number of carbonyl (C=O) groups excluding carboxylic acids is 3. The molecule has 1 aromatic heterocycles. The number of esters is 1. The third kappa shape index (κ3) is 4.29. The summed E-state index contributed by atoms with van der Waals surface area (Å²) in [5.74, 6) is -0.617. The number of benzene rings is 1. The van der Waals surface area contributed by atoms with E-state index in [4.69, 9.17) is 9.47 Å². The number of amides is 1. The van der Waals surface area contributed by atoms with Gasteiger partial charge >= 0.3 is 5.97 Å². The normalized spacial score (nSPS) is 10.3. The quantitative estimate of drug-likeness (QED) is 0.615. The molecule has 26 heavy (non-hydrogen) atoms. The van der Waals surface area contributed by atoms with Gasteiger partial charge in [0.05, 0.1) is 17.6 Å². The van der Waals surface area contributed by atoms with Crippen molar-refractivity contribution in [2.45, 2.75) is 27.7 Å². The molecule has 1 amide bonds. The van der Waals surface area contributed by atoms with Gasteiger partial charge < -0.3 is 14.8 Å². The molecule has 0 aliphatic rings. The number of nitrogens with one attached hydrogen (secondary N) is 1. The standard InChI is InChI=1S/C19H21NO5S/c1-10-6-7-14(8-11(10)2)25-9-15(22)20-18-16(19(23)24-5)12(3)17(26-18)13(4)21/h6-8H,9H2,1-5H3,(H,20,22). The first-order valence-electron chi connectivity index (χ1n) is 7.97. The van der Waals surface area contributed by atoms with E-state index in [0.717, 1.165) is 22.5 Å². The molecule has 0 saturated heterocycles. The van der Waals surface area contributed by atoms with Crippen LogP contribution in [0, 0.1) is 20.8 Å². The van der Waals surface area contributed by atoms with Crippen molar-refractivity contribution in [3.63, 3.8) is 0 Å². The first kappa shape index (κ1) is 19.7. The minimum absolute atomic E-state index is 0.176. The van der Waals surface area contributed by atoms with Gasteiger partial charge in [0.25, 0.3) is 5.91 Å². The number of hydrogen-bond acceptors (Lipinski definition) is 6. The highest BCUT2D eigenvalue weighted by molar-refractivity contribution is 7.18. The van der Waals surface area contributed by atoms with Crippen LogP contribution in [0.15, 0.2) is 18.2 Å². The van der Waals surface area contributed by atoms with E-state index < -0.39 is 11.9 Å². The topological polar surface area (TPSA) is 81.7 Å². The molecule has 0 atom stereocenters. The SMILES string of the molecule is COC(=O)c1c(NC(=O)COc2ccc(C)c(C)c2)sc(C(C)=O)c1C. The Balaban J connectivity index is 2.15. The minimum Gasteiger partial charge on any atom is -0.484 e. The van der Waals surface area contributed by atoms with Gasteiger partial charge in [-0.15, -0.1) is 11.3 Å². The summed E-state index contributed by atoms with van der Waals surface area (Å²) in [7, 11) is 1.25. The summed E-state index contributed by atoms with van der Waals surface area (Å²) in [5, 5.41) is 2.93. The lowest BCUT2D eigenvalue weighted by Gasteiger charge is -2.09. The fourth-order valence-electron chi connectivity index (χ4n) is 2.40. The van der Waals surface area contributed by atoms with Gasteiger partial charge in [-0.05, 0) is 56.5 Å². The molecule has 0 aliphatic heterocycles. The maximum absolute atomic E-state index is 12.2. The van der Waals surface area contributed by atoms with Crippen LogP contribution in [0.5, 0.6) is 5.75 Å². The summed E-state index contributed by atoms with van der Waals surface area (Å²) in [6.07, 6.45) is 0. The van der Waals surface area contributed by atoms with Crippen molar-refractivity contribution in [3.05, 3.63) is 45.3 Å². The molecule has 6 nitrogen and oxygen atoms in total. The van der Waals surface area contributed by atoms with Crippen molar-refractivity contribution in [1.29, 1.82) is 0 Å². The van der Waals surface area contributed by atoms with E-state index >= 15 is 0 Å². The van der Waals surface area contributed by atoms with E-state index in [2.05, 4.69) is 5.32 Å². The average Bonchev–Trinajstić information content (AvgIpc) is 2.91. The van der Waals surface area contributed by atoms with E-state index in [1.54, 1.807) is 13.0 Å². The van der Waals surface area contributed by atoms with E-state index in [0.29, 0.717) is 16.2 Å². The van der Waals surface area contributed by atoms with E-state index in [9.17, 15) is 14.4 Å². The maximum Gasteiger partial charge on any atom is 0.341 e. The number of ether oxygens (including phenoxy) is 2. The van der Waals surface area contributed by atoms with Gasteiger partial charge in [-0.1, -0.05) is 6.07 Å². The Bertz CT molecular complexity index is 869. The fraction of sp³-hybridized carbons (Fsp3) is 0.316. The van der Waals surface area contributed by atoms with Crippen LogP contribution in [0.2, 0.25) is 0 Å². The van der Waals surface area contributed by atoms with Gasteiger partial charge in [0.1, 0.15) is 10.8 Å². The first-order chi connectivity index (χ1) is 12.2. The highest BCUT2D eigenvalue weighted by Crippen LogP contribution is 2.34. The molecule has 7 heteroatoms. The van der Waals surface area contributed by atoms with Crippen molar-refractivity contribution in [2.24, 2.45) is 0 Å². The number of thiophene rings is 1. The molecule has 0 radical (unpaired) electrons. The third-order valence-corrected chi connectivity index (χ3v) is 5.27. The Labute approximate surface area is 156 Å². The minimum atomic E-state index is -0.600. The second-order valence-corrected chi connectivity index (χ2v) is 6.91. The summed E-state index contributed by atoms with van der Waals surface area (Å²) < 4.78 is 10.3. The maximum atomic E-state index is 12.2. The molecular weight excluding hydrogens is 354 g/mol. The van der Waals surface area contributed by atoms with Crippen LogP contribution in [0.1, 0.15) is 43.6 Å². The number of anilines is 1. The summed E-state index contributed by atoms with van der Waals surface area (Å²) in [5.41, 5.74) is 2.90. The molecule has 0 saturated carbocycles. The van der Waals surface area contributed by atoms with Crippen LogP contribution < -0.4 is 10.1 Å². The lowest BCUT2D eigenvalue weighted by atomic mass is 10.1. The summed E-state index contributed by atoms with van der Waals surface area (Å²) in [6.45, 7) is 6.80. The van der Waals surface area contributed by atoms with Gasteiger partial charge in [-0.2, -0.15) is 0 Å². The summed E-state index contributed by atoms with van der Waals surface area (Å²) in [6, 6.07) is 5.56. The molecule has 0 fully saturated rings. The number of hydrogen-bond donors (Lipinski definition) is 1. The lowest BCUT2D eigenvalue weighted by Crippen LogP contribution is -2.21. The first-order valence-corrected chi connectivity index (χ1v) is 8.78. The monoisotopic (exact) mass is 375 g/mol. The van der Waals surface area contributed by atoms with Gasteiger partial charge in [0, 0.05) is 0 Å². The summed E-state index contributed by atoms with van der Waals surface area (Å²) in [4.78, 5) is 36.4. The zero-order valence-corrected chi connectivity index (χ0v) is 16.2. The second-order valence-electron chi connectivity index (χ2n) is 5.89. The van der Waals surface area contributed by atoms with Crippen molar-refractivity contribution in [3.8, 4) is 5.75 Å². The number of methoxy groups -OCH3 is 1. The molecular formula is C19H21NO5S. The van der Waals surface area contributed by atoms with E-state index in [1.165, 1.54) is 14.0 Å². The van der Waals surface area contributed by atoms with Crippen LogP contribution in [-0.2, 0) is 9.53 Å². The van der Waals surface area contributed by atoms with Crippen LogP contribution in [0.4, 0.5) is 5.00 Å². The molecule has 138 valence electrons. The van der Waals surface area contributed by atoms with Gasteiger partial charge in [-0.25, -0.2) is 4.79 Å². The molecule has 0 bridgehead atoms. The Morgan fingerprint density at radius 3 is 2.38 bits per heavy atom. The van der Waals surface area contributed by atoms with E-state index in [1.807, 2.05) is 26.0 Å². The molecule has 0 aliphatic carbocycles. The van der Waals surface area contributed by atoms with E-state index in [-0.39, 0.29) is 23.0 Å². The molecule has 0 spiro atoms. The highest BCUT2D eigenvalue weighted by atomic mass is 32.1. The van der Waals surface area contributed by atoms with Gasteiger partial charge in [-0.3, -0.25) is 9.59 Å². The van der Waals surface area contributed by atoms with Crippen molar-refractivity contribution >= 4 is 34.0 Å². The smallest absolute Gasteiger partial charge is 0.341 e. The summed E-state index contributed by atoms with van der Waals surface area (Å²) >= 11 is 1.05. The van der Waals surface area contributed by atoms with Crippen LogP contribution in [-0.4, -0.2) is 31.4 Å². The molecule has 1 N–H and O–H groups in total. The predicted molar refractivity (Wildman–Crippen MR) is 100 cm³/mol. The number of Topliss-reactive ketones (excluding diaryl/α,β-unsaturated/α-hetero) is 1. The molecule has 2 aromatic rings. The van der Waals surface area contributed by atoms with Crippen molar-refractivity contribution in [1.82, 2.24) is 0 Å². The Morgan fingerprint density at radius 2 is 1.81 bits per heavy atom. The van der Waals surface area contributed by atoms with Gasteiger partial charge in [0.2, 0.25) is 0 Å². The van der Waals surface area contributed by atoms with Gasteiger partial charge in [0.15, 0.2) is 12.4 Å². The highest BCUT2D eigenvalue weighted by Gasteiger charge is 2.24. The number of carbonyl (C=O) groups is 3. The molecule has 1 aromatic carbocycles. The van der Waals surface area contributed by atoms with Crippen molar-refractivity contribution < 1.29 is 23.9 Å². The zero-order valence-electron chi connectivity index (χ0n) is 15.4. The van der Waals surface area contributed by atoms with Crippen LogP contribution in [0.3, 0.4) is 0 Å². The van der Waals surface area contributed by atoms with Crippen LogP contribution in [0.25, 0.3) is 0 Å². The largest absolute Gasteiger partial charge is 0.484 e. The number of aryl methyl sites for hydroxylation is 2. The molecule has 2 rings (SSSR count). The molecule has 1 heterocycles. The Morgan fingerprint density at radius 1 is 1.12 bits per heavy atom. The number of ketones is 1.